The van der Waals surface area contributed by atoms with Gasteiger partial charge >= 0.3 is 12.1 Å². The van der Waals surface area contributed by atoms with Crippen molar-refractivity contribution in [3.8, 4) is 5.75 Å². The number of hydroxylamine groups is 1. The molecule has 10 heteroatoms. The molecule has 92 valence electrons. The van der Waals surface area contributed by atoms with Gasteiger partial charge in [-0.2, -0.15) is 9.98 Å². The summed E-state index contributed by atoms with van der Waals surface area (Å²) in [4.78, 5) is 21.4. The van der Waals surface area contributed by atoms with Crippen molar-refractivity contribution >= 4 is 29.5 Å². The highest BCUT2D eigenvalue weighted by Gasteiger charge is 2.10. The van der Waals surface area contributed by atoms with Crippen molar-refractivity contribution in [2.24, 2.45) is 10.7 Å². The van der Waals surface area contributed by atoms with Crippen LogP contribution in [0, 0.1) is 0 Å². The zero-order valence-corrected chi connectivity index (χ0v) is 9.30. The lowest BCUT2D eigenvalue weighted by Crippen LogP contribution is -2.28. The summed E-state index contributed by atoms with van der Waals surface area (Å²) in [5.74, 6) is 0.112. The molecule has 1 aromatic rings. The fraction of sp³-hybridized carbons (Fsp3) is 0.143. The van der Waals surface area contributed by atoms with Gasteiger partial charge in [-0.3, -0.25) is 5.21 Å². The minimum atomic E-state index is -1.16. The van der Waals surface area contributed by atoms with Crippen molar-refractivity contribution in [2.45, 2.75) is 0 Å². The van der Waals surface area contributed by atoms with Gasteiger partial charge in [0, 0.05) is 0 Å². The van der Waals surface area contributed by atoms with Crippen LogP contribution < -0.4 is 16.0 Å². The van der Waals surface area contributed by atoms with Crippen LogP contribution in [0.25, 0.3) is 0 Å². The first-order valence-corrected chi connectivity index (χ1v) is 4.47. The zero-order valence-electron chi connectivity index (χ0n) is 8.55. The van der Waals surface area contributed by atoms with Gasteiger partial charge in [-0.25, -0.2) is 15.3 Å². The highest BCUT2D eigenvalue weighted by Crippen LogP contribution is 2.24. The third-order valence-electron chi connectivity index (χ3n) is 1.43. The monoisotopic (exact) mass is 261 g/mol. The largest absolute Gasteiger partial charge is 0.491 e. The van der Waals surface area contributed by atoms with Crippen LogP contribution in [0.2, 0.25) is 5.28 Å². The van der Waals surface area contributed by atoms with Crippen LogP contribution in [-0.2, 0) is 4.74 Å². The first-order valence-electron chi connectivity index (χ1n) is 4.09. The van der Waals surface area contributed by atoms with Crippen LogP contribution in [-0.4, -0.2) is 34.4 Å². The summed E-state index contributed by atoms with van der Waals surface area (Å²) in [5.41, 5.74) is 6.26. The minimum absolute atomic E-state index is 0.0506. The molecule has 1 amide bonds. The van der Waals surface area contributed by atoms with Gasteiger partial charge in [0.05, 0.1) is 13.3 Å². The first-order chi connectivity index (χ1) is 8.06. The predicted molar refractivity (Wildman–Crippen MR) is 56.3 cm³/mol. The van der Waals surface area contributed by atoms with Crippen molar-refractivity contribution in [3.63, 3.8) is 0 Å². The van der Waals surface area contributed by atoms with Gasteiger partial charge in [-0.15, -0.1) is 0 Å². The molecule has 1 aromatic heterocycles. The number of carbonyl (C=O) groups excluding carboxylic acids is 1. The highest BCUT2D eigenvalue weighted by molar-refractivity contribution is 6.28. The maximum absolute atomic E-state index is 10.5. The van der Waals surface area contributed by atoms with Crippen LogP contribution >= 0.6 is 11.6 Å². The SMILES string of the molecule is COc1cnc(Cl)nc1N=C(NO)OC(N)=O. The van der Waals surface area contributed by atoms with Crippen LogP contribution in [0.3, 0.4) is 0 Å². The van der Waals surface area contributed by atoms with E-state index in [4.69, 9.17) is 27.3 Å². The molecule has 0 bridgehead atoms. The molecule has 0 spiro atoms. The van der Waals surface area contributed by atoms with Gasteiger partial charge in [0.2, 0.25) is 11.1 Å². The molecule has 0 saturated carbocycles. The third kappa shape index (κ3) is 3.74. The fourth-order valence-electron chi connectivity index (χ4n) is 0.827. The van der Waals surface area contributed by atoms with Crippen molar-refractivity contribution in [1.82, 2.24) is 15.4 Å². The number of ether oxygens (including phenoxy) is 2. The first kappa shape index (κ1) is 12.9. The number of hydrogen-bond acceptors (Lipinski definition) is 7. The van der Waals surface area contributed by atoms with E-state index in [-0.39, 0.29) is 16.9 Å². The summed E-state index contributed by atoms with van der Waals surface area (Å²) in [6, 6.07) is -0.578. The van der Waals surface area contributed by atoms with E-state index in [1.807, 2.05) is 0 Å². The van der Waals surface area contributed by atoms with Gasteiger partial charge in [0.25, 0.3) is 0 Å². The van der Waals surface area contributed by atoms with Crippen LogP contribution in [0.1, 0.15) is 0 Å². The highest BCUT2D eigenvalue weighted by atomic mass is 35.5. The average Bonchev–Trinajstić information content (AvgIpc) is 2.28. The summed E-state index contributed by atoms with van der Waals surface area (Å²) in [6.07, 6.45) is 0.0948. The number of aromatic nitrogens is 2. The van der Waals surface area contributed by atoms with E-state index in [9.17, 15) is 4.79 Å². The topological polar surface area (TPSA) is 132 Å². The molecule has 1 rings (SSSR count). The molecular formula is C7H8ClN5O4. The van der Waals surface area contributed by atoms with Crippen LogP contribution in [0.4, 0.5) is 10.6 Å². The number of nitrogens with zero attached hydrogens (tertiary/aromatic N) is 3. The smallest absolute Gasteiger partial charge is 0.412 e. The Bertz CT molecular complexity index is 452. The number of nitrogens with one attached hydrogen (secondary N) is 1. The van der Waals surface area contributed by atoms with E-state index in [0.717, 1.165) is 0 Å². The maximum Gasteiger partial charge on any atom is 0.412 e. The summed E-state index contributed by atoms with van der Waals surface area (Å²) >= 11 is 5.54. The van der Waals surface area contributed by atoms with Crippen molar-refractivity contribution in [2.75, 3.05) is 7.11 Å². The number of halogens is 1. The lowest BCUT2D eigenvalue weighted by atomic mass is 10.5. The average molecular weight is 262 g/mol. The van der Waals surface area contributed by atoms with Gasteiger partial charge in [-0.1, -0.05) is 0 Å². The quantitative estimate of drug-likeness (QED) is 0.300. The molecule has 9 nitrogen and oxygen atoms in total. The molecule has 1 heterocycles. The minimum Gasteiger partial charge on any atom is -0.491 e. The predicted octanol–water partition coefficient (Wildman–Crippen LogP) is 0.200. The Morgan fingerprint density at radius 3 is 2.94 bits per heavy atom. The molecule has 17 heavy (non-hydrogen) atoms. The second-order valence-electron chi connectivity index (χ2n) is 2.48. The summed E-state index contributed by atoms with van der Waals surface area (Å²) in [6.45, 7) is 0. The molecule has 0 unspecified atom stereocenters. The van der Waals surface area contributed by atoms with E-state index in [0.29, 0.717) is 0 Å². The normalized spacial score (nSPS) is 10.9. The number of carbonyl (C=O) groups is 1. The summed E-state index contributed by atoms with van der Waals surface area (Å²) < 4.78 is 9.19. The summed E-state index contributed by atoms with van der Waals surface area (Å²) in [7, 11) is 1.35. The molecule has 0 aromatic carbocycles. The van der Waals surface area contributed by atoms with E-state index in [2.05, 4.69) is 19.7 Å². The molecule has 0 aliphatic carbocycles. The second-order valence-corrected chi connectivity index (χ2v) is 2.82. The van der Waals surface area contributed by atoms with Crippen LogP contribution in [0.15, 0.2) is 11.2 Å². The van der Waals surface area contributed by atoms with Gasteiger partial charge < -0.3 is 15.2 Å². The zero-order chi connectivity index (χ0) is 12.8. The number of hydrogen-bond donors (Lipinski definition) is 3. The van der Waals surface area contributed by atoms with Gasteiger partial charge in [0.15, 0.2) is 5.75 Å². The number of amides is 1. The molecule has 0 atom stereocenters. The standard InChI is InChI=1S/C7H8ClN5O4/c1-16-3-2-10-5(8)11-4(3)12-7(13-15)17-6(9)14/h2,15H,1H3,(H2,9,14)(H,10,11,12,13). The Hall–Kier alpha value is -2.13. The van der Waals surface area contributed by atoms with Crippen molar-refractivity contribution in [3.05, 3.63) is 11.5 Å². The van der Waals surface area contributed by atoms with E-state index >= 15 is 0 Å². The van der Waals surface area contributed by atoms with Crippen molar-refractivity contribution in [1.29, 1.82) is 0 Å². The molecule has 0 aliphatic rings. The molecule has 0 aliphatic heterocycles. The van der Waals surface area contributed by atoms with E-state index in [1.165, 1.54) is 18.8 Å². The number of aliphatic imine (C=N–C) groups is 1. The van der Waals surface area contributed by atoms with Gasteiger partial charge in [0.1, 0.15) is 0 Å². The molecule has 4 N–H and O–H groups in total. The number of nitrogens with two attached hydrogens (primary N) is 1. The van der Waals surface area contributed by atoms with E-state index in [1.54, 1.807) is 0 Å². The maximum atomic E-state index is 10.5. The third-order valence-corrected chi connectivity index (χ3v) is 1.61. The fourth-order valence-corrected chi connectivity index (χ4v) is 0.956. The Morgan fingerprint density at radius 1 is 1.71 bits per heavy atom. The van der Waals surface area contributed by atoms with E-state index < -0.39 is 12.1 Å². The summed E-state index contributed by atoms with van der Waals surface area (Å²) in [5, 5.41) is 8.54. The lowest BCUT2D eigenvalue weighted by Gasteiger charge is -2.05. The second kappa shape index (κ2) is 5.82. The molecular weight excluding hydrogens is 254 g/mol. The number of rotatable bonds is 2. The van der Waals surface area contributed by atoms with Crippen molar-refractivity contribution < 1.29 is 19.5 Å². The number of amidine groups is 1. The molecule has 0 fully saturated rings. The Morgan fingerprint density at radius 2 is 2.41 bits per heavy atom. The van der Waals surface area contributed by atoms with Gasteiger partial charge in [-0.05, 0) is 11.6 Å². The molecule has 0 radical (unpaired) electrons. The molecule has 0 saturated heterocycles. The van der Waals surface area contributed by atoms with Crippen LogP contribution in [0.5, 0.6) is 5.75 Å². The Labute approximate surface area is 100 Å². The number of methoxy groups -OCH3 is 1. The number of primary amides is 1. The Balaban J connectivity index is 3.09. The Kier molecular flexibility index (Phi) is 4.43. The lowest BCUT2D eigenvalue weighted by molar-refractivity contribution is 0.175.